The van der Waals surface area contributed by atoms with Gasteiger partial charge in [-0.2, -0.15) is 0 Å². The number of aromatic nitrogens is 2. The lowest BCUT2D eigenvalue weighted by molar-refractivity contribution is 0.0837. The number of amides is 1. The van der Waals surface area contributed by atoms with E-state index in [0.717, 1.165) is 54.7 Å². The molecule has 3 saturated heterocycles. The molecule has 12 nitrogen and oxygen atoms in total. The summed E-state index contributed by atoms with van der Waals surface area (Å²) in [4.78, 5) is 44.3. The van der Waals surface area contributed by atoms with Crippen LogP contribution in [-0.2, 0) is 19.4 Å². The van der Waals surface area contributed by atoms with Crippen molar-refractivity contribution in [1.29, 1.82) is 0 Å². The molecule has 1 amide bonds. The summed E-state index contributed by atoms with van der Waals surface area (Å²) in [6.07, 6.45) is 2.17. The summed E-state index contributed by atoms with van der Waals surface area (Å²) in [6, 6.07) is 27.8. The SMILES string of the molecule is O=C(O)N(c1cc(CCCn2c(=O)oc3cc(CCNC[C@@H](O)c4ccc(O)c5[nH]c(=O)ccc45)ccc32)ccc1-c1ccccc1)[C@H]1CN2CCC1CC2. The minimum Gasteiger partial charge on any atom is -0.506 e. The number of rotatable bonds is 13. The Hall–Kier alpha value is -5.69. The zero-order chi connectivity index (χ0) is 38.1. The number of H-pyrrole nitrogens is 1. The Labute approximate surface area is 317 Å². The van der Waals surface area contributed by atoms with Gasteiger partial charge >= 0.3 is 11.8 Å². The summed E-state index contributed by atoms with van der Waals surface area (Å²) in [7, 11) is 0. The largest absolute Gasteiger partial charge is 0.506 e. The minimum atomic E-state index is -0.931. The van der Waals surface area contributed by atoms with E-state index in [4.69, 9.17) is 4.42 Å². The van der Waals surface area contributed by atoms with Gasteiger partial charge in [-0.15, -0.1) is 0 Å². The van der Waals surface area contributed by atoms with E-state index >= 15 is 0 Å². The second-order valence-corrected chi connectivity index (χ2v) is 14.8. The average molecular weight is 744 g/mol. The number of fused-ring (bicyclic) bond motifs is 5. The number of pyridine rings is 1. The Balaban J connectivity index is 0.922. The standard InChI is InChI=1S/C43H45N5O7/c49-37-14-11-32(33-12-15-40(51)45-41(33)37)38(50)25-44-19-16-28-9-13-34-39(24-28)55-43(54)47(34)20-4-5-27-8-10-31(29-6-2-1-3-7-29)35(23-27)48(42(52)53)36-26-46-21-17-30(36)18-22-46/h1-3,6-15,23-24,30,36,38,44,49-50H,4-5,16-22,25-26H2,(H,45,51)(H,52,53)/t36-,38+/m0/s1. The van der Waals surface area contributed by atoms with Crippen LogP contribution in [0.2, 0.25) is 0 Å². The van der Waals surface area contributed by atoms with Crippen LogP contribution in [-0.4, -0.2) is 74.6 Å². The fourth-order valence-corrected chi connectivity index (χ4v) is 8.49. The lowest BCUT2D eigenvalue weighted by Crippen LogP contribution is -2.59. The van der Waals surface area contributed by atoms with Gasteiger partial charge in [0, 0.05) is 36.7 Å². The number of hydrogen-bond acceptors (Lipinski definition) is 8. The molecule has 0 aliphatic carbocycles. The minimum absolute atomic E-state index is 0.0565. The number of aliphatic hydroxyl groups is 1. The van der Waals surface area contributed by atoms with Gasteiger partial charge in [0.1, 0.15) is 5.75 Å². The predicted molar refractivity (Wildman–Crippen MR) is 212 cm³/mol. The first-order valence-electron chi connectivity index (χ1n) is 19.0. The molecule has 4 aromatic carbocycles. The second-order valence-electron chi connectivity index (χ2n) is 14.8. The number of anilines is 1. The summed E-state index contributed by atoms with van der Waals surface area (Å²) >= 11 is 0. The zero-order valence-corrected chi connectivity index (χ0v) is 30.5. The van der Waals surface area contributed by atoms with Gasteiger partial charge < -0.3 is 34.9 Å². The molecular weight excluding hydrogens is 699 g/mol. The molecule has 284 valence electrons. The highest BCUT2D eigenvalue weighted by Crippen LogP contribution is 2.39. The van der Waals surface area contributed by atoms with Gasteiger partial charge in [0.15, 0.2) is 5.58 Å². The van der Waals surface area contributed by atoms with Crippen LogP contribution in [0.1, 0.15) is 42.1 Å². The fourth-order valence-electron chi connectivity index (χ4n) is 8.49. The predicted octanol–water partition coefficient (Wildman–Crippen LogP) is 5.89. The maximum Gasteiger partial charge on any atom is 0.419 e. The third-order valence-electron chi connectivity index (χ3n) is 11.3. The molecule has 2 aromatic heterocycles. The van der Waals surface area contributed by atoms with Crippen LogP contribution in [0, 0.1) is 5.92 Å². The first-order valence-corrected chi connectivity index (χ1v) is 19.0. The molecule has 3 aliphatic heterocycles. The second kappa shape index (κ2) is 15.6. The Morgan fingerprint density at radius 3 is 2.49 bits per heavy atom. The Kier molecular flexibility index (Phi) is 10.3. The summed E-state index contributed by atoms with van der Waals surface area (Å²) in [5, 5.41) is 35.5. The van der Waals surface area contributed by atoms with Gasteiger partial charge in [0.25, 0.3) is 0 Å². The number of piperidine rings is 3. The van der Waals surface area contributed by atoms with E-state index in [1.165, 1.54) is 12.1 Å². The molecule has 3 fully saturated rings. The van der Waals surface area contributed by atoms with Crippen molar-refractivity contribution in [3.8, 4) is 16.9 Å². The van der Waals surface area contributed by atoms with Gasteiger partial charge in [-0.05, 0) is 110 Å². The average Bonchev–Trinajstić information content (AvgIpc) is 3.51. The molecule has 55 heavy (non-hydrogen) atoms. The number of carboxylic acid groups (broad SMARTS) is 1. The third kappa shape index (κ3) is 7.53. The van der Waals surface area contributed by atoms with Crippen molar-refractivity contribution < 1.29 is 24.5 Å². The monoisotopic (exact) mass is 743 g/mol. The molecule has 0 unspecified atom stereocenters. The van der Waals surface area contributed by atoms with Crippen molar-refractivity contribution in [3.63, 3.8) is 0 Å². The number of aliphatic hydroxyl groups excluding tert-OH is 1. The summed E-state index contributed by atoms with van der Waals surface area (Å²) in [5.41, 5.74) is 6.34. The summed E-state index contributed by atoms with van der Waals surface area (Å²) in [6.45, 7) is 4.07. The number of hydrogen-bond donors (Lipinski definition) is 5. The molecular formula is C43H45N5O7. The lowest BCUT2D eigenvalue weighted by atomic mass is 9.82. The molecule has 2 atom stereocenters. The number of aryl methyl sites for hydroxylation is 2. The van der Waals surface area contributed by atoms with Crippen molar-refractivity contribution in [3.05, 3.63) is 129 Å². The van der Waals surface area contributed by atoms with Gasteiger partial charge in [0.2, 0.25) is 5.56 Å². The van der Waals surface area contributed by atoms with Crippen LogP contribution in [0.4, 0.5) is 10.5 Å². The topological polar surface area (TPSA) is 164 Å². The molecule has 12 heteroatoms. The van der Waals surface area contributed by atoms with Crippen LogP contribution in [0.25, 0.3) is 33.1 Å². The first-order chi connectivity index (χ1) is 26.7. The number of nitrogens with one attached hydrogen (secondary N) is 2. The highest BCUT2D eigenvalue weighted by atomic mass is 16.4. The van der Waals surface area contributed by atoms with Gasteiger partial charge in [-0.1, -0.05) is 54.6 Å². The van der Waals surface area contributed by atoms with Crippen molar-refractivity contribution in [1.82, 2.24) is 19.8 Å². The molecule has 0 radical (unpaired) electrons. The van der Waals surface area contributed by atoms with E-state index in [0.29, 0.717) is 71.5 Å². The molecule has 0 spiro atoms. The maximum atomic E-state index is 13.0. The van der Waals surface area contributed by atoms with E-state index in [-0.39, 0.29) is 23.9 Å². The summed E-state index contributed by atoms with van der Waals surface area (Å²) < 4.78 is 7.31. The smallest absolute Gasteiger partial charge is 0.419 e. The Bertz CT molecular complexity index is 2450. The first kappa shape index (κ1) is 36.3. The van der Waals surface area contributed by atoms with Gasteiger partial charge in [0.05, 0.1) is 28.9 Å². The quantitative estimate of drug-likeness (QED) is 0.0909. The number of nitrogens with zero attached hydrogens (tertiary/aromatic N) is 3. The number of benzene rings is 4. The van der Waals surface area contributed by atoms with Gasteiger partial charge in [-0.3, -0.25) is 14.3 Å². The number of phenols is 1. The van der Waals surface area contributed by atoms with Crippen molar-refractivity contribution in [2.45, 2.75) is 50.8 Å². The summed E-state index contributed by atoms with van der Waals surface area (Å²) in [5.74, 6) is -0.138. The normalized spacial score (nSPS) is 18.5. The number of oxazole rings is 1. The molecule has 5 heterocycles. The molecule has 6 aromatic rings. The molecule has 2 bridgehead atoms. The van der Waals surface area contributed by atoms with Crippen LogP contribution in [0.5, 0.6) is 5.75 Å². The molecule has 0 saturated carbocycles. The fraction of sp³-hybridized carbons (Fsp3) is 0.326. The molecule has 9 rings (SSSR count). The Morgan fingerprint density at radius 1 is 0.945 bits per heavy atom. The highest BCUT2D eigenvalue weighted by molar-refractivity contribution is 5.94. The van der Waals surface area contributed by atoms with Crippen LogP contribution >= 0.6 is 0 Å². The lowest BCUT2D eigenvalue weighted by Gasteiger charge is -2.48. The van der Waals surface area contributed by atoms with E-state index in [2.05, 4.69) is 21.3 Å². The van der Waals surface area contributed by atoms with E-state index in [1.807, 2.05) is 60.7 Å². The zero-order valence-electron chi connectivity index (χ0n) is 30.5. The van der Waals surface area contributed by atoms with E-state index < -0.39 is 18.0 Å². The van der Waals surface area contributed by atoms with Gasteiger partial charge in [-0.25, -0.2) is 9.59 Å². The third-order valence-corrected chi connectivity index (χ3v) is 11.3. The Morgan fingerprint density at radius 2 is 1.73 bits per heavy atom. The maximum absolute atomic E-state index is 13.0. The number of phenolic OH excluding ortho intramolecular Hbond substituents is 1. The highest BCUT2D eigenvalue weighted by Gasteiger charge is 2.41. The molecule has 5 N–H and O–H groups in total. The van der Waals surface area contributed by atoms with Crippen molar-refractivity contribution in [2.24, 2.45) is 5.92 Å². The van der Waals surface area contributed by atoms with E-state index in [1.54, 1.807) is 21.6 Å². The van der Waals surface area contributed by atoms with Crippen LogP contribution in [0.15, 0.2) is 105 Å². The number of aromatic hydroxyl groups is 1. The molecule has 3 aliphatic rings. The van der Waals surface area contributed by atoms with Crippen LogP contribution < -0.4 is 21.5 Å². The number of carbonyl (C=O) groups is 1. The van der Waals surface area contributed by atoms with E-state index in [9.17, 15) is 29.7 Å². The van der Waals surface area contributed by atoms with Crippen molar-refractivity contribution in [2.75, 3.05) is 37.6 Å². The van der Waals surface area contributed by atoms with Crippen molar-refractivity contribution >= 4 is 33.8 Å². The number of aromatic amines is 1. The van der Waals surface area contributed by atoms with Crippen LogP contribution in [0.3, 0.4) is 0 Å².